The Balaban J connectivity index is 1.94. The third-order valence-electron chi connectivity index (χ3n) is 7.84. The molecule has 6 amide bonds. The van der Waals surface area contributed by atoms with Gasteiger partial charge in [0.05, 0.1) is 25.8 Å². The van der Waals surface area contributed by atoms with E-state index in [1.807, 2.05) is 13.8 Å². The first-order valence-electron chi connectivity index (χ1n) is 15.2. The van der Waals surface area contributed by atoms with Crippen LogP contribution in [0, 0.1) is 11.8 Å². The van der Waals surface area contributed by atoms with Crippen LogP contribution in [0.4, 0.5) is 0 Å². The van der Waals surface area contributed by atoms with Crippen molar-refractivity contribution in [3.05, 3.63) is 32.2 Å². The van der Waals surface area contributed by atoms with Crippen LogP contribution in [0.25, 0.3) is 0 Å². The lowest BCUT2D eigenvalue weighted by atomic mass is 9.97. The normalized spacial score (nSPS) is 24.3. The summed E-state index contributed by atoms with van der Waals surface area (Å²) in [5.41, 5.74) is -0.0248. The highest BCUT2D eigenvalue weighted by molar-refractivity contribution is 7.10. The first-order valence-corrected chi connectivity index (χ1v) is 17.0. The zero-order valence-electron chi connectivity index (χ0n) is 26.8. The van der Waals surface area contributed by atoms with E-state index in [2.05, 4.69) is 41.9 Å². The minimum absolute atomic E-state index is 0.0124. The van der Waals surface area contributed by atoms with E-state index in [0.29, 0.717) is 22.9 Å². The Bertz CT molecular complexity index is 1450. The lowest BCUT2D eigenvalue weighted by Crippen LogP contribution is -2.58. The van der Waals surface area contributed by atoms with Crippen LogP contribution in [-0.4, -0.2) is 92.5 Å². The van der Waals surface area contributed by atoms with Gasteiger partial charge in [-0.05, 0) is 18.8 Å². The van der Waals surface area contributed by atoms with Gasteiger partial charge < -0.3 is 42.1 Å². The number of aliphatic hydroxyl groups is 2. The molecule has 258 valence electrons. The van der Waals surface area contributed by atoms with E-state index in [4.69, 9.17) is 0 Å². The lowest BCUT2D eigenvalue weighted by Gasteiger charge is -2.27. The van der Waals surface area contributed by atoms with E-state index in [1.165, 1.54) is 17.7 Å². The van der Waals surface area contributed by atoms with Gasteiger partial charge >= 0.3 is 0 Å². The number of hydrogen-bond donors (Lipinski definition) is 8. The van der Waals surface area contributed by atoms with Gasteiger partial charge in [0.1, 0.15) is 45.6 Å². The Hall–Kier alpha value is -4.00. The maximum atomic E-state index is 13.4. The fourth-order valence-corrected chi connectivity index (χ4v) is 5.92. The Morgan fingerprint density at radius 2 is 1.15 bits per heavy atom. The molecule has 0 saturated carbocycles. The van der Waals surface area contributed by atoms with Crippen LogP contribution in [0.5, 0.6) is 0 Å². The number of nitrogens with zero attached hydrogens (tertiary/aromatic N) is 2. The molecule has 0 saturated heterocycles. The third kappa shape index (κ3) is 9.99. The van der Waals surface area contributed by atoms with Gasteiger partial charge in [0.25, 0.3) is 11.8 Å². The van der Waals surface area contributed by atoms with Gasteiger partial charge in [0.2, 0.25) is 23.6 Å². The molecule has 2 aromatic heterocycles. The number of hydrogen-bond acceptors (Lipinski definition) is 12. The van der Waals surface area contributed by atoms with Crippen molar-refractivity contribution in [1.82, 2.24) is 41.9 Å². The fraction of sp³-hybridized carbons (Fsp3) is 0.586. The van der Waals surface area contributed by atoms with Crippen molar-refractivity contribution in [3.8, 4) is 0 Å². The van der Waals surface area contributed by atoms with E-state index < -0.39 is 72.3 Å². The Morgan fingerprint density at radius 1 is 0.702 bits per heavy atom. The van der Waals surface area contributed by atoms with E-state index >= 15 is 0 Å². The van der Waals surface area contributed by atoms with Crippen molar-refractivity contribution in [2.75, 3.05) is 6.61 Å². The molecular formula is C29H42N8O8S2. The largest absolute Gasteiger partial charge is 0.394 e. The molecule has 0 spiro atoms. The summed E-state index contributed by atoms with van der Waals surface area (Å²) in [5.74, 6) is -4.84. The van der Waals surface area contributed by atoms with Crippen molar-refractivity contribution in [3.63, 3.8) is 0 Å². The molecule has 1 aliphatic rings. The Labute approximate surface area is 279 Å². The van der Waals surface area contributed by atoms with Crippen molar-refractivity contribution >= 4 is 58.1 Å². The van der Waals surface area contributed by atoms with E-state index in [-0.39, 0.29) is 36.3 Å². The molecular weight excluding hydrogens is 653 g/mol. The highest BCUT2D eigenvalue weighted by atomic mass is 32.1. The molecule has 3 rings (SSSR count). The zero-order chi connectivity index (χ0) is 34.8. The monoisotopic (exact) mass is 694 g/mol. The second-order valence-corrected chi connectivity index (χ2v) is 13.2. The average molecular weight is 695 g/mol. The second-order valence-electron chi connectivity index (χ2n) is 11.3. The molecule has 4 bridgehead atoms. The molecule has 7 atom stereocenters. The molecule has 8 N–H and O–H groups in total. The molecule has 3 heterocycles. The Kier molecular flexibility index (Phi) is 13.7. The molecule has 1 aliphatic heterocycles. The number of thiazole rings is 2. The number of rotatable bonds is 6. The molecule has 2 aromatic rings. The minimum atomic E-state index is -1.37. The summed E-state index contributed by atoms with van der Waals surface area (Å²) in [6, 6.07) is -4.86. The SMILES string of the molecule is CCC(C)[C@@H]1NC(=O)c2csc(n2)CNC(=O)[C@H]([C@@H](C)O)NC(=O)[C@H](C(C)CC)NC(=O)c2csc(n2)CNC(=O)[C@H](CO)NC1=O. The van der Waals surface area contributed by atoms with Gasteiger partial charge in [-0.3, -0.25) is 28.8 Å². The highest BCUT2D eigenvalue weighted by Gasteiger charge is 2.34. The molecule has 47 heavy (non-hydrogen) atoms. The van der Waals surface area contributed by atoms with Crippen LogP contribution in [0.3, 0.4) is 0 Å². The first-order chi connectivity index (χ1) is 22.3. The summed E-state index contributed by atoms with van der Waals surface area (Å²) in [5, 5.41) is 39.3. The zero-order valence-corrected chi connectivity index (χ0v) is 28.4. The lowest BCUT2D eigenvalue weighted by molar-refractivity contribution is -0.133. The molecule has 0 fully saturated rings. The van der Waals surface area contributed by atoms with Gasteiger partial charge in [0, 0.05) is 10.8 Å². The molecule has 0 aliphatic carbocycles. The first kappa shape index (κ1) is 37.5. The summed E-state index contributed by atoms with van der Waals surface area (Å²) in [4.78, 5) is 87.2. The standard InChI is InChI=1S/C29H42N8O8S2/c1-6-13(3)21-28(44)34-16(10-38)24(40)30-8-19-32-18(11-46-19)26(42)36-22(14(4)7-2)29(45)37-23(15(5)39)27(43)31-9-20-33-17(12-47-20)25(41)35-21/h11-16,21-23,38-39H,6-10H2,1-5H3,(H,30,40)(H,31,43)(H,34,44)(H,35,41)(H,36,42)(H,37,45)/t13?,14?,15-,16+,21+,22+,23+/m1/s1. The number of amides is 6. The number of carbonyl (C=O) groups excluding carboxylic acids is 6. The molecule has 0 radical (unpaired) electrons. The summed E-state index contributed by atoms with van der Waals surface area (Å²) in [6.45, 7) is 7.51. The van der Waals surface area contributed by atoms with E-state index in [9.17, 15) is 39.0 Å². The molecule has 18 heteroatoms. The van der Waals surface area contributed by atoms with E-state index in [0.717, 1.165) is 22.7 Å². The summed E-state index contributed by atoms with van der Waals surface area (Å²) in [6.07, 6.45) is -0.297. The van der Waals surface area contributed by atoms with Crippen LogP contribution in [0.2, 0.25) is 0 Å². The number of aliphatic hydroxyl groups excluding tert-OH is 2. The minimum Gasteiger partial charge on any atom is -0.394 e. The number of aromatic nitrogens is 2. The van der Waals surface area contributed by atoms with Gasteiger partial charge in [-0.15, -0.1) is 22.7 Å². The van der Waals surface area contributed by atoms with Gasteiger partial charge in [-0.25, -0.2) is 9.97 Å². The second kappa shape index (κ2) is 17.2. The third-order valence-corrected chi connectivity index (χ3v) is 9.54. The van der Waals surface area contributed by atoms with Crippen LogP contribution < -0.4 is 31.9 Å². The van der Waals surface area contributed by atoms with Gasteiger partial charge in [-0.2, -0.15) is 0 Å². The predicted molar refractivity (Wildman–Crippen MR) is 172 cm³/mol. The number of nitrogens with one attached hydrogen (secondary N) is 6. The summed E-state index contributed by atoms with van der Waals surface area (Å²) in [7, 11) is 0. The molecule has 16 nitrogen and oxygen atoms in total. The number of fused-ring (bicyclic) bond motifs is 4. The quantitative estimate of drug-likeness (QED) is 0.187. The van der Waals surface area contributed by atoms with Gasteiger partial charge in [0.15, 0.2) is 0 Å². The maximum Gasteiger partial charge on any atom is 0.271 e. The van der Waals surface area contributed by atoms with Gasteiger partial charge in [-0.1, -0.05) is 40.5 Å². The predicted octanol–water partition coefficient (Wildman–Crippen LogP) is -0.822. The van der Waals surface area contributed by atoms with Crippen LogP contribution in [-0.2, 0) is 32.3 Å². The average Bonchev–Trinajstić information content (AvgIpc) is 3.74. The fourth-order valence-electron chi connectivity index (χ4n) is 4.49. The van der Waals surface area contributed by atoms with Crippen molar-refractivity contribution in [2.24, 2.45) is 11.8 Å². The van der Waals surface area contributed by atoms with Crippen molar-refractivity contribution in [1.29, 1.82) is 0 Å². The van der Waals surface area contributed by atoms with E-state index in [1.54, 1.807) is 13.8 Å². The summed E-state index contributed by atoms with van der Waals surface area (Å²) < 4.78 is 0. The topological polar surface area (TPSA) is 241 Å². The van der Waals surface area contributed by atoms with Crippen LogP contribution >= 0.6 is 22.7 Å². The smallest absolute Gasteiger partial charge is 0.271 e. The highest BCUT2D eigenvalue weighted by Crippen LogP contribution is 2.15. The number of carbonyl (C=O) groups is 6. The van der Waals surface area contributed by atoms with Crippen molar-refractivity contribution in [2.45, 2.75) is 90.8 Å². The molecule has 0 aromatic carbocycles. The summed E-state index contributed by atoms with van der Waals surface area (Å²) >= 11 is 2.14. The Morgan fingerprint density at radius 3 is 1.57 bits per heavy atom. The molecule has 2 unspecified atom stereocenters. The van der Waals surface area contributed by atoms with Crippen LogP contribution in [0.15, 0.2) is 10.8 Å². The van der Waals surface area contributed by atoms with Crippen molar-refractivity contribution < 1.29 is 39.0 Å². The van der Waals surface area contributed by atoms with Crippen LogP contribution in [0.1, 0.15) is 78.5 Å². The maximum absolute atomic E-state index is 13.4.